The molecule has 0 fully saturated rings. The summed E-state index contributed by atoms with van der Waals surface area (Å²) in [6.45, 7) is 3.43. The fraction of sp³-hybridized carbons (Fsp3) is 0.190. The minimum absolute atomic E-state index is 0.146. The van der Waals surface area contributed by atoms with Gasteiger partial charge in [-0.1, -0.05) is 12.1 Å². The molecule has 0 bridgehead atoms. The number of rotatable bonds is 6. The lowest BCUT2D eigenvalue weighted by atomic mass is 10.1. The number of nitrogens with one attached hydrogen (secondary N) is 2. The van der Waals surface area contributed by atoms with Gasteiger partial charge >= 0.3 is 0 Å². The van der Waals surface area contributed by atoms with Crippen molar-refractivity contribution in [3.8, 4) is 11.5 Å². The number of carbonyl (C=O) groups excluding carboxylic acids is 2. The van der Waals surface area contributed by atoms with Gasteiger partial charge in [0.1, 0.15) is 18.0 Å². The molecule has 3 aromatic heterocycles. The molecular formula is C21H19N5O4S. The minimum Gasteiger partial charge on any atom is -0.458 e. The number of amides is 2. The largest absolute Gasteiger partial charge is 0.458 e. The van der Waals surface area contributed by atoms with Crippen molar-refractivity contribution in [1.82, 2.24) is 19.9 Å². The van der Waals surface area contributed by atoms with E-state index in [0.717, 1.165) is 5.56 Å². The second kappa shape index (κ2) is 8.52. The predicted octanol–water partition coefficient (Wildman–Crippen LogP) is 2.70. The van der Waals surface area contributed by atoms with Crippen LogP contribution in [0.1, 0.15) is 18.2 Å². The Hall–Kier alpha value is -3.79. The van der Waals surface area contributed by atoms with E-state index in [1.807, 2.05) is 13.0 Å². The predicted molar refractivity (Wildman–Crippen MR) is 117 cm³/mol. The fourth-order valence-corrected chi connectivity index (χ4v) is 3.75. The van der Waals surface area contributed by atoms with Crippen LogP contribution in [-0.2, 0) is 22.7 Å². The Morgan fingerprint density at radius 2 is 2.06 bits per heavy atom. The van der Waals surface area contributed by atoms with Crippen LogP contribution in [0.3, 0.4) is 0 Å². The number of para-hydroxylation sites is 1. The first-order valence-corrected chi connectivity index (χ1v) is 10.3. The molecule has 0 atom stereocenters. The Kier molecular flexibility index (Phi) is 5.63. The molecule has 1 aromatic carbocycles. The summed E-state index contributed by atoms with van der Waals surface area (Å²) >= 11 is 1.24. The summed E-state index contributed by atoms with van der Waals surface area (Å²) in [5, 5.41) is 7.97. The SMILES string of the molecule is CC(=O)NCc1ccc(-c2csc(NC(=O)Cn3cnc4c(C)cccc4c3=O)n2)o1. The van der Waals surface area contributed by atoms with E-state index in [-0.39, 0.29) is 30.5 Å². The Morgan fingerprint density at radius 1 is 1.23 bits per heavy atom. The number of carbonyl (C=O) groups is 2. The zero-order valence-corrected chi connectivity index (χ0v) is 17.7. The molecule has 2 N–H and O–H groups in total. The quantitative estimate of drug-likeness (QED) is 0.479. The molecule has 2 amide bonds. The second-order valence-electron chi connectivity index (χ2n) is 6.91. The molecule has 3 heterocycles. The van der Waals surface area contributed by atoms with E-state index in [4.69, 9.17) is 4.42 Å². The monoisotopic (exact) mass is 437 g/mol. The van der Waals surface area contributed by atoms with Gasteiger partial charge in [-0.2, -0.15) is 0 Å². The van der Waals surface area contributed by atoms with Crippen molar-refractivity contribution < 1.29 is 14.0 Å². The van der Waals surface area contributed by atoms with E-state index in [1.54, 1.807) is 29.6 Å². The van der Waals surface area contributed by atoms with Gasteiger partial charge in [-0.05, 0) is 30.7 Å². The van der Waals surface area contributed by atoms with Gasteiger partial charge in [0, 0.05) is 12.3 Å². The first kappa shape index (κ1) is 20.5. The van der Waals surface area contributed by atoms with Gasteiger partial charge in [-0.25, -0.2) is 9.97 Å². The van der Waals surface area contributed by atoms with E-state index >= 15 is 0 Å². The summed E-state index contributed by atoms with van der Waals surface area (Å²) in [6, 6.07) is 8.87. The lowest BCUT2D eigenvalue weighted by Crippen LogP contribution is -2.28. The zero-order chi connectivity index (χ0) is 22.0. The molecule has 0 spiro atoms. The number of aryl methyl sites for hydroxylation is 1. The summed E-state index contributed by atoms with van der Waals surface area (Å²) in [7, 11) is 0. The van der Waals surface area contributed by atoms with Gasteiger partial charge in [0.25, 0.3) is 5.56 Å². The van der Waals surface area contributed by atoms with Crippen LogP contribution < -0.4 is 16.2 Å². The number of benzene rings is 1. The van der Waals surface area contributed by atoms with Crippen molar-refractivity contribution in [3.05, 3.63) is 63.7 Å². The number of aromatic nitrogens is 3. The third-order valence-electron chi connectivity index (χ3n) is 4.55. The number of thiazole rings is 1. The van der Waals surface area contributed by atoms with E-state index in [0.29, 0.717) is 33.2 Å². The molecule has 0 aliphatic rings. The number of hydrogen-bond acceptors (Lipinski definition) is 7. The van der Waals surface area contributed by atoms with Gasteiger partial charge in [0.15, 0.2) is 10.9 Å². The Morgan fingerprint density at radius 3 is 2.87 bits per heavy atom. The van der Waals surface area contributed by atoms with Crippen LogP contribution in [0.4, 0.5) is 5.13 Å². The van der Waals surface area contributed by atoms with Crippen molar-refractivity contribution in [2.75, 3.05) is 5.32 Å². The second-order valence-corrected chi connectivity index (χ2v) is 7.77. The van der Waals surface area contributed by atoms with Gasteiger partial charge in [-0.3, -0.25) is 19.0 Å². The Labute approximate surface area is 180 Å². The number of anilines is 1. The number of furan rings is 1. The Bertz CT molecular complexity index is 1340. The van der Waals surface area contributed by atoms with E-state index < -0.39 is 0 Å². The third kappa shape index (κ3) is 4.53. The zero-order valence-electron chi connectivity index (χ0n) is 16.8. The standard InChI is InChI=1S/C21H19N5O4S/c1-12-4-3-5-15-19(12)23-11-26(20(15)29)9-18(28)25-21-24-16(10-31-21)17-7-6-14(30-17)8-22-13(2)27/h3-7,10-11H,8-9H2,1-2H3,(H,22,27)(H,24,25,28). The molecule has 0 saturated heterocycles. The van der Waals surface area contributed by atoms with Crippen LogP contribution in [0.2, 0.25) is 0 Å². The molecule has 9 nitrogen and oxygen atoms in total. The lowest BCUT2D eigenvalue weighted by Gasteiger charge is -2.07. The molecule has 0 radical (unpaired) electrons. The number of hydrogen-bond donors (Lipinski definition) is 2. The maximum absolute atomic E-state index is 12.6. The lowest BCUT2D eigenvalue weighted by molar-refractivity contribution is -0.119. The van der Waals surface area contributed by atoms with Crippen LogP contribution in [0, 0.1) is 6.92 Å². The van der Waals surface area contributed by atoms with Crippen LogP contribution in [-0.4, -0.2) is 26.3 Å². The van der Waals surface area contributed by atoms with Crippen molar-refractivity contribution in [1.29, 1.82) is 0 Å². The van der Waals surface area contributed by atoms with Crippen molar-refractivity contribution in [2.45, 2.75) is 26.9 Å². The van der Waals surface area contributed by atoms with Gasteiger partial charge in [0.05, 0.1) is 23.8 Å². The number of fused-ring (bicyclic) bond motifs is 1. The molecule has 10 heteroatoms. The summed E-state index contributed by atoms with van der Waals surface area (Å²) in [5.41, 5.74) is 1.82. The molecule has 4 aromatic rings. The molecule has 0 unspecified atom stereocenters. The molecular weight excluding hydrogens is 418 g/mol. The Balaban J connectivity index is 1.44. The average Bonchev–Trinajstić information content (AvgIpc) is 3.38. The van der Waals surface area contributed by atoms with Gasteiger partial charge < -0.3 is 15.1 Å². The molecule has 158 valence electrons. The van der Waals surface area contributed by atoms with E-state index in [2.05, 4.69) is 20.6 Å². The maximum Gasteiger partial charge on any atom is 0.261 e. The minimum atomic E-state index is -0.386. The van der Waals surface area contributed by atoms with Crippen molar-refractivity contribution in [2.24, 2.45) is 0 Å². The highest BCUT2D eigenvalue weighted by molar-refractivity contribution is 7.14. The summed E-state index contributed by atoms with van der Waals surface area (Å²) in [5.74, 6) is 0.597. The topological polar surface area (TPSA) is 119 Å². The highest BCUT2D eigenvalue weighted by Gasteiger charge is 2.13. The van der Waals surface area contributed by atoms with Crippen LogP contribution in [0.15, 0.2) is 51.3 Å². The molecule has 31 heavy (non-hydrogen) atoms. The summed E-state index contributed by atoms with van der Waals surface area (Å²) < 4.78 is 6.93. The molecule has 0 aliphatic heterocycles. The number of nitrogens with zero attached hydrogens (tertiary/aromatic N) is 3. The first-order valence-electron chi connectivity index (χ1n) is 9.44. The highest BCUT2D eigenvalue weighted by atomic mass is 32.1. The van der Waals surface area contributed by atoms with Crippen LogP contribution >= 0.6 is 11.3 Å². The summed E-state index contributed by atoms with van der Waals surface area (Å²) in [4.78, 5) is 44.8. The van der Waals surface area contributed by atoms with Gasteiger partial charge in [-0.15, -0.1) is 11.3 Å². The van der Waals surface area contributed by atoms with E-state index in [9.17, 15) is 14.4 Å². The average molecular weight is 437 g/mol. The van der Waals surface area contributed by atoms with Crippen molar-refractivity contribution >= 4 is 39.2 Å². The van der Waals surface area contributed by atoms with E-state index in [1.165, 1.54) is 29.2 Å². The molecule has 0 saturated carbocycles. The maximum atomic E-state index is 12.6. The van der Waals surface area contributed by atoms with Crippen LogP contribution in [0.25, 0.3) is 22.4 Å². The highest BCUT2D eigenvalue weighted by Crippen LogP contribution is 2.26. The first-order chi connectivity index (χ1) is 14.9. The normalized spacial score (nSPS) is 10.9. The van der Waals surface area contributed by atoms with Crippen LogP contribution in [0.5, 0.6) is 0 Å². The smallest absolute Gasteiger partial charge is 0.261 e. The summed E-state index contributed by atoms with van der Waals surface area (Å²) in [6.07, 6.45) is 1.38. The molecule has 4 rings (SSSR count). The fourth-order valence-electron chi connectivity index (χ4n) is 3.03. The molecule has 0 aliphatic carbocycles. The third-order valence-corrected chi connectivity index (χ3v) is 5.30. The van der Waals surface area contributed by atoms with Crippen molar-refractivity contribution in [3.63, 3.8) is 0 Å². The van der Waals surface area contributed by atoms with Gasteiger partial charge in [0.2, 0.25) is 11.8 Å².